The average Bonchev–Trinajstić information content (AvgIpc) is 3.32. The van der Waals surface area contributed by atoms with Crippen LogP contribution in [-0.4, -0.2) is 30.8 Å². The zero-order valence-corrected chi connectivity index (χ0v) is 14.4. The van der Waals surface area contributed by atoms with Gasteiger partial charge in [-0.15, -0.1) is 0 Å². The zero-order valence-electron chi connectivity index (χ0n) is 14.4. The number of furan rings is 1. The molecule has 1 fully saturated rings. The zero-order chi connectivity index (χ0) is 18.4. The summed E-state index contributed by atoms with van der Waals surface area (Å²) in [6.45, 7) is 1.40. The molecule has 2 N–H and O–H groups in total. The van der Waals surface area contributed by atoms with Crippen LogP contribution >= 0.6 is 0 Å². The van der Waals surface area contributed by atoms with E-state index in [4.69, 9.17) is 4.42 Å². The Kier molecular flexibility index (Phi) is 5.68. The van der Waals surface area contributed by atoms with Gasteiger partial charge in [-0.25, -0.2) is 0 Å². The Hall–Kier alpha value is -3.09. The molecule has 0 bridgehead atoms. The van der Waals surface area contributed by atoms with Crippen molar-refractivity contribution in [2.75, 3.05) is 18.0 Å². The van der Waals surface area contributed by atoms with Crippen molar-refractivity contribution in [2.45, 2.75) is 25.8 Å². The van der Waals surface area contributed by atoms with Crippen molar-refractivity contribution < 1.29 is 18.8 Å². The first kappa shape index (κ1) is 17.7. The van der Waals surface area contributed by atoms with Gasteiger partial charge in [-0.3, -0.25) is 14.4 Å². The number of carbonyl (C=O) groups excluding carboxylic acids is 3. The molecule has 1 saturated heterocycles. The highest BCUT2D eigenvalue weighted by Crippen LogP contribution is 2.21. The average molecular weight is 355 g/mol. The molecule has 2 aromatic rings. The van der Waals surface area contributed by atoms with Crippen molar-refractivity contribution in [1.29, 1.82) is 0 Å². The molecule has 3 amide bonds. The summed E-state index contributed by atoms with van der Waals surface area (Å²) in [4.78, 5) is 37.0. The third-order valence-corrected chi connectivity index (χ3v) is 4.19. The van der Waals surface area contributed by atoms with E-state index in [0.29, 0.717) is 13.0 Å². The molecule has 7 heteroatoms. The maximum Gasteiger partial charge on any atom is 0.286 e. The highest BCUT2D eigenvalue weighted by molar-refractivity contribution is 5.95. The number of benzene rings is 1. The second kappa shape index (κ2) is 8.33. The van der Waals surface area contributed by atoms with E-state index in [9.17, 15) is 14.4 Å². The summed E-state index contributed by atoms with van der Waals surface area (Å²) in [5, 5.41) is 5.44. The fourth-order valence-electron chi connectivity index (χ4n) is 2.79. The Morgan fingerprint density at radius 2 is 1.92 bits per heavy atom. The highest BCUT2D eigenvalue weighted by atomic mass is 16.3. The van der Waals surface area contributed by atoms with Crippen molar-refractivity contribution in [3.8, 4) is 0 Å². The van der Waals surface area contributed by atoms with Crippen LogP contribution in [0.15, 0.2) is 47.1 Å². The molecule has 26 heavy (non-hydrogen) atoms. The number of rotatable bonds is 7. The van der Waals surface area contributed by atoms with Crippen LogP contribution in [0.25, 0.3) is 0 Å². The number of anilines is 1. The lowest BCUT2D eigenvalue weighted by atomic mass is 10.2. The topological polar surface area (TPSA) is 91.7 Å². The van der Waals surface area contributed by atoms with Gasteiger partial charge in [0.2, 0.25) is 11.8 Å². The Bertz CT molecular complexity index is 769. The van der Waals surface area contributed by atoms with Crippen LogP contribution in [0.1, 0.15) is 35.4 Å². The normalized spacial score (nSPS) is 13.7. The maximum absolute atomic E-state index is 11.9. The van der Waals surface area contributed by atoms with Gasteiger partial charge in [0.25, 0.3) is 5.91 Å². The highest BCUT2D eigenvalue weighted by Gasteiger charge is 2.21. The monoisotopic (exact) mass is 355 g/mol. The molecule has 0 spiro atoms. The molecule has 0 aliphatic carbocycles. The molecular weight excluding hydrogens is 334 g/mol. The van der Waals surface area contributed by atoms with E-state index >= 15 is 0 Å². The van der Waals surface area contributed by atoms with Crippen LogP contribution in [0, 0.1) is 0 Å². The van der Waals surface area contributed by atoms with Gasteiger partial charge in [0, 0.05) is 38.2 Å². The Labute approximate surface area is 151 Å². The fourth-order valence-corrected chi connectivity index (χ4v) is 2.79. The van der Waals surface area contributed by atoms with Gasteiger partial charge < -0.3 is 20.0 Å². The minimum atomic E-state index is -0.338. The number of amides is 3. The van der Waals surface area contributed by atoms with Crippen LogP contribution in [0.5, 0.6) is 0 Å². The lowest BCUT2D eigenvalue weighted by Crippen LogP contribution is -2.30. The predicted octanol–water partition coefficient (Wildman–Crippen LogP) is 1.84. The van der Waals surface area contributed by atoms with Crippen molar-refractivity contribution in [2.24, 2.45) is 0 Å². The molecule has 0 atom stereocenters. The summed E-state index contributed by atoms with van der Waals surface area (Å²) in [5.74, 6) is -0.108. The van der Waals surface area contributed by atoms with Crippen molar-refractivity contribution >= 4 is 23.4 Å². The second-order valence-electron chi connectivity index (χ2n) is 6.08. The summed E-state index contributed by atoms with van der Waals surface area (Å²) >= 11 is 0. The standard InChI is InChI=1S/C19H21N3O4/c23-17(9-10-20-19(25)16-3-2-12-26-16)21-13-14-5-7-15(8-6-14)22-11-1-4-18(22)24/h2-3,5-8,12H,1,4,9-11,13H2,(H,20,25)(H,21,23). The lowest BCUT2D eigenvalue weighted by Gasteiger charge is -2.16. The Balaban J connectivity index is 1.39. The number of hydrogen-bond donors (Lipinski definition) is 2. The number of carbonyl (C=O) groups is 3. The number of nitrogens with zero attached hydrogens (tertiary/aromatic N) is 1. The van der Waals surface area contributed by atoms with Crippen LogP contribution in [0.2, 0.25) is 0 Å². The van der Waals surface area contributed by atoms with E-state index < -0.39 is 0 Å². The minimum Gasteiger partial charge on any atom is -0.459 e. The molecular formula is C19H21N3O4. The fraction of sp³-hybridized carbons (Fsp3) is 0.316. The van der Waals surface area contributed by atoms with Gasteiger partial charge in [-0.2, -0.15) is 0 Å². The molecule has 7 nitrogen and oxygen atoms in total. The molecule has 0 radical (unpaired) electrons. The van der Waals surface area contributed by atoms with E-state index in [1.165, 1.54) is 6.26 Å². The molecule has 1 aromatic heterocycles. The summed E-state index contributed by atoms with van der Waals surface area (Å²) in [5.41, 5.74) is 1.84. The predicted molar refractivity (Wildman–Crippen MR) is 95.5 cm³/mol. The summed E-state index contributed by atoms with van der Waals surface area (Å²) < 4.78 is 4.97. The van der Waals surface area contributed by atoms with Crippen LogP contribution in [0.4, 0.5) is 5.69 Å². The van der Waals surface area contributed by atoms with Gasteiger partial charge >= 0.3 is 0 Å². The molecule has 0 saturated carbocycles. The molecule has 3 rings (SSSR count). The molecule has 1 aliphatic heterocycles. The van der Waals surface area contributed by atoms with Gasteiger partial charge in [0.05, 0.1) is 6.26 Å². The van der Waals surface area contributed by atoms with E-state index in [1.54, 1.807) is 17.0 Å². The molecule has 1 aliphatic rings. The quantitative estimate of drug-likeness (QED) is 0.793. The van der Waals surface area contributed by atoms with Gasteiger partial charge in [-0.05, 0) is 36.2 Å². The molecule has 136 valence electrons. The summed E-state index contributed by atoms with van der Waals surface area (Å²) in [7, 11) is 0. The SMILES string of the molecule is O=C(CCNC(=O)c1ccco1)NCc1ccc(N2CCCC2=O)cc1. The third kappa shape index (κ3) is 4.50. The smallest absolute Gasteiger partial charge is 0.286 e. The molecule has 0 unspecified atom stereocenters. The van der Waals surface area contributed by atoms with Gasteiger partial charge in [-0.1, -0.05) is 12.1 Å². The van der Waals surface area contributed by atoms with Crippen LogP contribution in [-0.2, 0) is 16.1 Å². The Morgan fingerprint density at radius 3 is 2.58 bits per heavy atom. The van der Waals surface area contributed by atoms with E-state index in [-0.39, 0.29) is 36.4 Å². The second-order valence-corrected chi connectivity index (χ2v) is 6.08. The minimum absolute atomic E-state index is 0.149. The first-order valence-electron chi connectivity index (χ1n) is 8.61. The lowest BCUT2D eigenvalue weighted by molar-refractivity contribution is -0.121. The summed E-state index contributed by atoms with van der Waals surface area (Å²) in [6.07, 6.45) is 3.11. The van der Waals surface area contributed by atoms with E-state index in [1.807, 2.05) is 24.3 Å². The van der Waals surface area contributed by atoms with Crippen molar-refractivity contribution in [1.82, 2.24) is 10.6 Å². The molecule has 1 aromatic carbocycles. The summed E-state index contributed by atoms with van der Waals surface area (Å²) in [6, 6.07) is 10.8. The number of hydrogen-bond acceptors (Lipinski definition) is 4. The van der Waals surface area contributed by atoms with Gasteiger partial charge in [0.1, 0.15) is 0 Å². The first-order valence-corrected chi connectivity index (χ1v) is 8.61. The largest absolute Gasteiger partial charge is 0.459 e. The Morgan fingerprint density at radius 1 is 1.12 bits per heavy atom. The van der Waals surface area contributed by atoms with Gasteiger partial charge in [0.15, 0.2) is 5.76 Å². The van der Waals surface area contributed by atoms with Crippen LogP contribution < -0.4 is 15.5 Å². The van der Waals surface area contributed by atoms with E-state index in [2.05, 4.69) is 10.6 Å². The van der Waals surface area contributed by atoms with E-state index in [0.717, 1.165) is 24.2 Å². The third-order valence-electron chi connectivity index (χ3n) is 4.19. The molecule has 2 heterocycles. The van der Waals surface area contributed by atoms with Crippen LogP contribution in [0.3, 0.4) is 0 Å². The number of nitrogens with one attached hydrogen (secondary N) is 2. The van der Waals surface area contributed by atoms with Crippen molar-refractivity contribution in [3.05, 3.63) is 54.0 Å². The van der Waals surface area contributed by atoms with Crippen molar-refractivity contribution in [3.63, 3.8) is 0 Å². The first-order chi connectivity index (χ1) is 12.6. The maximum atomic E-state index is 11.9.